The number of primary amides is 1. The van der Waals surface area contributed by atoms with Gasteiger partial charge in [-0.05, 0) is 6.92 Å². The Morgan fingerprint density at radius 2 is 2.11 bits per heavy atom. The van der Waals surface area contributed by atoms with Crippen LogP contribution in [0.2, 0.25) is 0 Å². The minimum Gasteiger partial charge on any atom is -0.375 e. The summed E-state index contributed by atoms with van der Waals surface area (Å²) < 4.78 is 10.7. The summed E-state index contributed by atoms with van der Waals surface area (Å²) in [5.41, 5.74) is 5.19. The fourth-order valence-electron chi connectivity index (χ4n) is 2.23. The van der Waals surface area contributed by atoms with E-state index in [4.69, 9.17) is 15.2 Å². The lowest BCUT2D eigenvalue weighted by atomic mass is 10.1. The molecule has 2 fully saturated rings. The number of morpholine rings is 2. The van der Waals surface area contributed by atoms with Crippen molar-refractivity contribution in [2.24, 2.45) is 5.73 Å². The van der Waals surface area contributed by atoms with Crippen molar-refractivity contribution >= 4 is 11.8 Å². The SMILES string of the molecule is C[C@H]1OCCN[C@@H]1C(=O)N1CCOC(C(N)=O)C1. The highest BCUT2D eigenvalue weighted by atomic mass is 16.5. The van der Waals surface area contributed by atoms with Crippen molar-refractivity contribution in [3.63, 3.8) is 0 Å². The first-order valence-electron chi connectivity index (χ1n) is 6.14. The molecule has 2 rings (SSSR count). The van der Waals surface area contributed by atoms with E-state index >= 15 is 0 Å². The summed E-state index contributed by atoms with van der Waals surface area (Å²) in [6.07, 6.45) is -0.872. The highest BCUT2D eigenvalue weighted by Gasteiger charge is 2.35. The molecule has 2 aliphatic heterocycles. The van der Waals surface area contributed by atoms with E-state index in [9.17, 15) is 9.59 Å². The van der Waals surface area contributed by atoms with Crippen LogP contribution in [0.15, 0.2) is 0 Å². The number of amides is 2. The molecule has 2 aliphatic rings. The maximum absolute atomic E-state index is 12.3. The molecule has 2 amide bonds. The van der Waals surface area contributed by atoms with E-state index in [1.54, 1.807) is 4.90 Å². The van der Waals surface area contributed by atoms with Crippen LogP contribution in [0.5, 0.6) is 0 Å². The quantitative estimate of drug-likeness (QED) is 0.601. The van der Waals surface area contributed by atoms with Gasteiger partial charge in [-0.2, -0.15) is 0 Å². The summed E-state index contributed by atoms with van der Waals surface area (Å²) in [7, 11) is 0. The van der Waals surface area contributed by atoms with Crippen LogP contribution in [0.4, 0.5) is 0 Å². The zero-order valence-corrected chi connectivity index (χ0v) is 10.4. The van der Waals surface area contributed by atoms with Crippen molar-refractivity contribution in [2.45, 2.75) is 25.2 Å². The molecule has 18 heavy (non-hydrogen) atoms. The van der Waals surface area contributed by atoms with Gasteiger partial charge in [0.2, 0.25) is 11.8 Å². The van der Waals surface area contributed by atoms with Gasteiger partial charge < -0.3 is 25.4 Å². The summed E-state index contributed by atoms with van der Waals surface area (Å²) >= 11 is 0. The highest BCUT2D eigenvalue weighted by Crippen LogP contribution is 2.11. The largest absolute Gasteiger partial charge is 0.375 e. The Hall–Kier alpha value is -1.18. The molecule has 1 unspecified atom stereocenters. The summed E-state index contributed by atoms with van der Waals surface area (Å²) in [4.78, 5) is 25.0. The van der Waals surface area contributed by atoms with Crippen LogP contribution in [0, 0.1) is 0 Å². The molecule has 0 aliphatic carbocycles. The lowest BCUT2D eigenvalue weighted by Gasteiger charge is -2.37. The number of hydrogen-bond donors (Lipinski definition) is 2. The van der Waals surface area contributed by atoms with Crippen LogP contribution < -0.4 is 11.1 Å². The first-order chi connectivity index (χ1) is 8.59. The third-order valence-electron chi connectivity index (χ3n) is 3.28. The Balaban J connectivity index is 1.97. The first-order valence-corrected chi connectivity index (χ1v) is 6.14. The summed E-state index contributed by atoms with van der Waals surface area (Å²) in [5.74, 6) is -0.592. The van der Waals surface area contributed by atoms with E-state index in [2.05, 4.69) is 5.32 Å². The van der Waals surface area contributed by atoms with Crippen LogP contribution in [-0.2, 0) is 19.1 Å². The van der Waals surface area contributed by atoms with Crippen molar-refractivity contribution in [1.82, 2.24) is 10.2 Å². The first kappa shape index (κ1) is 13.3. The summed E-state index contributed by atoms with van der Waals surface area (Å²) in [6, 6.07) is -0.356. The molecule has 3 atom stereocenters. The van der Waals surface area contributed by atoms with Crippen molar-refractivity contribution in [3.8, 4) is 0 Å². The molecule has 0 spiro atoms. The van der Waals surface area contributed by atoms with Gasteiger partial charge in [0.05, 0.1) is 25.9 Å². The fraction of sp³-hybridized carbons (Fsp3) is 0.818. The molecule has 2 heterocycles. The second-order valence-electron chi connectivity index (χ2n) is 4.55. The van der Waals surface area contributed by atoms with Crippen molar-refractivity contribution in [2.75, 3.05) is 32.8 Å². The van der Waals surface area contributed by atoms with E-state index in [1.165, 1.54) is 0 Å². The van der Waals surface area contributed by atoms with E-state index in [-0.39, 0.29) is 24.6 Å². The van der Waals surface area contributed by atoms with E-state index in [0.29, 0.717) is 26.3 Å². The van der Waals surface area contributed by atoms with E-state index in [0.717, 1.165) is 0 Å². The van der Waals surface area contributed by atoms with Crippen molar-refractivity contribution in [3.05, 3.63) is 0 Å². The van der Waals surface area contributed by atoms with Gasteiger partial charge in [0.15, 0.2) is 6.10 Å². The second kappa shape index (κ2) is 5.64. The number of carbonyl (C=O) groups is 2. The van der Waals surface area contributed by atoms with Gasteiger partial charge >= 0.3 is 0 Å². The molecule has 0 saturated carbocycles. The van der Waals surface area contributed by atoms with Crippen LogP contribution in [-0.4, -0.2) is 67.8 Å². The zero-order chi connectivity index (χ0) is 13.1. The highest BCUT2D eigenvalue weighted by molar-refractivity contribution is 5.84. The van der Waals surface area contributed by atoms with Crippen LogP contribution in [0.3, 0.4) is 0 Å². The molecule has 7 heteroatoms. The summed E-state index contributed by atoms with van der Waals surface area (Å²) in [5, 5.41) is 3.14. The predicted molar refractivity (Wildman–Crippen MR) is 62.7 cm³/mol. The smallest absolute Gasteiger partial charge is 0.248 e. The van der Waals surface area contributed by atoms with E-state index in [1.807, 2.05) is 6.92 Å². The Morgan fingerprint density at radius 3 is 2.78 bits per heavy atom. The van der Waals surface area contributed by atoms with Crippen molar-refractivity contribution < 1.29 is 19.1 Å². The maximum Gasteiger partial charge on any atom is 0.248 e. The average molecular weight is 257 g/mol. The van der Waals surface area contributed by atoms with Gasteiger partial charge in [-0.25, -0.2) is 0 Å². The number of nitrogens with two attached hydrogens (primary N) is 1. The molecular weight excluding hydrogens is 238 g/mol. The van der Waals surface area contributed by atoms with Gasteiger partial charge in [0, 0.05) is 13.1 Å². The Kier molecular flexibility index (Phi) is 4.15. The molecule has 102 valence electrons. The van der Waals surface area contributed by atoms with Gasteiger partial charge in [-0.15, -0.1) is 0 Å². The molecular formula is C11H19N3O4. The van der Waals surface area contributed by atoms with Gasteiger partial charge in [-0.1, -0.05) is 0 Å². The minimum atomic E-state index is -0.706. The van der Waals surface area contributed by atoms with Gasteiger partial charge in [0.25, 0.3) is 0 Å². The number of rotatable bonds is 2. The van der Waals surface area contributed by atoms with Gasteiger partial charge in [-0.3, -0.25) is 9.59 Å². The average Bonchev–Trinajstić information content (AvgIpc) is 2.38. The maximum atomic E-state index is 12.3. The molecule has 0 bridgehead atoms. The fourth-order valence-corrected chi connectivity index (χ4v) is 2.23. The lowest BCUT2D eigenvalue weighted by molar-refractivity contribution is -0.150. The normalized spacial score (nSPS) is 33.2. The summed E-state index contributed by atoms with van der Waals surface area (Å²) in [6.45, 7) is 4.16. The topological polar surface area (TPSA) is 93.9 Å². The molecule has 7 nitrogen and oxygen atoms in total. The molecule has 3 N–H and O–H groups in total. The minimum absolute atomic E-state index is 0.0586. The molecule has 0 radical (unpaired) electrons. The number of carbonyl (C=O) groups excluding carboxylic acids is 2. The zero-order valence-electron chi connectivity index (χ0n) is 10.4. The number of nitrogens with zero attached hydrogens (tertiary/aromatic N) is 1. The Labute approximate surface area is 106 Å². The van der Waals surface area contributed by atoms with Crippen LogP contribution >= 0.6 is 0 Å². The lowest BCUT2D eigenvalue weighted by Crippen LogP contribution is -2.60. The Bertz CT molecular complexity index is 336. The third kappa shape index (κ3) is 2.80. The molecule has 0 aromatic carbocycles. The van der Waals surface area contributed by atoms with Crippen LogP contribution in [0.1, 0.15) is 6.92 Å². The van der Waals surface area contributed by atoms with E-state index < -0.39 is 12.0 Å². The molecule has 0 aromatic heterocycles. The standard InChI is InChI=1S/C11H19N3O4/c1-7-9(13-2-4-17-7)11(16)14-3-5-18-8(6-14)10(12)15/h7-9,13H,2-6H2,1H3,(H2,12,15)/t7-,8?,9+/m1/s1. The predicted octanol–water partition coefficient (Wildman–Crippen LogP) is -1.92. The molecule has 2 saturated heterocycles. The molecule has 0 aromatic rings. The Morgan fingerprint density at radius 1 is 1.33 bits per heavy atom. The second-order valence-corrected chi connectivity index (χ2v) is 4.55. The third-order valence-corrected chi connectivity index (χ3v) is 3.28. The number of nitrogens with one attached hydrogen (secondary N) is 1. The monoisotopic (exact) mass is 257 g/mol. The van der Waals surface area contributed by atoms with Crippen LogP contribution in [0.25, 0.3) is 0 Å². The number of ether oxygens (including phenoxy) is 2. The van der Waals surface area contributed by atoms with Crippen molar-refractivity contribution in [1.29, 1.82) is 0 Å². The number of hydrogen-bond acceptors (Lipinski definition) is 5. The van der Waals surface area contributed by atoms with Gasteiger partial charge in [0.1, 0.15) is 6.04 Å².